The van der Waals surface area contributed by atoms with Crippen molar-refractivity contribution in [2.45, 2.75) is 6.92 Å². The molecule has 0 bridgehead atoms. The van der Waals surface area contributed by atoms with E-state index in [4.69, 9.17) is 0 Å². The maximum Gasteiger partial charge on any atom is 0.258 e. The summed E-state index contributed by atoms with van der Waals surface area (Å²) >= 11 is 1.62. The number of anilines is 1. The fourth-order valence-electron chi connectivity index (χ4n) is 3.21. The van der Waals surface area contributed by atoms with E-state index in [-0.39, 0.29) is 5.91 Å². The minimum absolute atomic E-state index is 0.261. The van der Waals surface area contributed by atoms with Crippen molar-refractivity contribution in [2.24, 2.45) is 7.05 Å². The molecule has 0 saturated heterocycles. The summed E-state index contributed by atoms with van der Waals surface area (Å²) in [6.45, 7) is 1.90. The molecule has 0 aliphatic carbocycles. The SMILES string of the molecule is Cc1nn(C)c2ncc(C(=O)Nc3ccc(-c4nc5ccccc5s4)cn3)cc12. The first-order chi connectivity index (χ1) is 14.1. The van der Waals surface area contributed by atoms with E-state index < -0.39 is 0 Å². The van der Waals surface area contributed by atoms with Crippen molar-refractivity contribution in [1.82, 2.24) is 24.7 Å². The molecular formula is C21H16N6OS. The summed E-state index contributed by atoms with van der Waals surface area (Å²) in [5.41, 5.74) is 3.93. The predicted octanol–water partition coefficient (Wildman–Crippen LogP) is 4.20. The number of para-hydroxylation sites is 1. The maximum absolute atomic E-state index is 12.6. The van der Waals surface area contributed by atoms with Crippen molar-refractivity contribution in [3.8, 4) is 10.6 Å². The molecule has 0 aliphatic heterocycles. The van der Waals surface area contributed by atoms with E-state index >= 15 is 0 Å². The first kappa shape index (κ1) is 17.4. The molecule has 7 nitrogen and oxygen atoms in total. The lowest BCUT2D eigenvalue weighted by atomic mass is 10.2. The fourth-order valence-corrected chi connectivity index (χ4v) is 4.17. The number of nitrogens with one attached hydrogen (secondary N) is 1. The van der Waals surface area contributed by atoms with Gasteiger partial charge in [-0.1, -0.05) is 12.1 Å². The van der Waals surface area contributed by atoms with Crippen LogP contribution in [0.3, 0.4) is 0 Å². The third-order valence-electron chi connectivity index (χ3n) is 4.67. The van der Waals surface area contributed by atoms with Crippen LogP contribution in [0.25, 0.3) is 31.8 Å². The van der Waals surface area contributed by atoms with Gasteiger partial charge in [-0.3, -0.25) is 9.48 Å². The minimum atomic E-state index is -0.261. The van der Waals surface area contributed by atoms with Gasteiger partial charge in [0, 0.05) is 30.4 Å². The van der Waals surface area contributed by atoms with Crippen molar-refractivity contribution in [3.05, 3.63) is 66.1 Å². The highest BCUT2D eigenvalue weighted by Gasteiger charge is 2.13. The number of nitrogens with zero attached hydrogens (tertiary/aromatic N) is 5. The van der Waals surface area contributed by atoms with Gasteiger partial charge in [-0.05, 0) is 37.3 Å². The molecule has 0 radical (unpaired) electrons. The predicted molar refractivity (Wildman–Crippen MR) is 114 cm³/mol. The number of hydrogen-bond donors (Lipinski definition) is 1. The Bertz CT molecular complexity index is 1340. The van der Waals surface area contributed by atoms with Gasteiger partial charge in [-0.2, -0.15) is 5.10 Å². The van der Waals surface area contributed by atoms with Gasteiger partial charge in [0.2, 0.25) is 0 Å². The summed E-state index contributed by atoms with van der Waals surface area (Å²) in [4.78, 5) is 26.0. The Morgan fingerprint density at radius 3 is 2.76 bits per heavy atom. The van der Waals surface area contributed by atoms with Crippen LogP contribution in [0.15, 0.2) is 54.9 Å². The van der Waals surface area contributed by atoms with Crippen molar-refractivity contribution < 1.29 is 4.79 Å². The molecule has 8 heteroatoms. The molecular weight excluding hydrogens is 384 g/mol. The first-order valence-electron chi connectivity index (χ1n) is 9.01. The second-order valence-electron chi connectivity index (χ2n) is 6.68. The number of thiazole rings is 1. The molecule has 142 valence electrons. The lowest BCUT2D eigenvalue weighted by Crippen LogP contribution is -2.13. The van der Waals surface area contributed by atoms with Crippen LogP contribution in [0.2, 0.25) is 0 Å². The van der Waals surface area contributed by atoms with E-state index in [0.29, 0.717) is 11.4 Å². The summed E-state index contributed by atoms with van der Waals surface area (Å²) in [6, 6.07) is 13.5. The average Bonchev–Trinajstić information content (AvgIpc) is 3.29. The van der Waals surface area contributed by atoms with Crippen LogP contribution in [0.5, 0.6) is 0 Å². The van der Waals surface area contributed by atoms with Crippen molar-refractivity contribution in [2.75, 3.05) is 5.32 Å². The van der Waals surface area contributed by atoms with Gasteiger partial charge in [0.25, 0.3) is 5.91 Å². The molecule has 1 amide bonds. The van der Waals surface area contributed by atoms with Gasteiger partial charge in [0.05, 0.1) is 21.5 Å². The number of rotatable bonds is 3. The standard InChI is InChI=1S/C21H16N6OS/c1-12-15-9-14(11-23-19(15)27(2)26-12)20(28)25-18-8-7-13(10-22-18)21-24-16-5-3-4-6-17(16)29-21/h3-11H,1-2H3,(H,22,25,28). The van der Waals surface area contributed by atoms with Gasteiger partial charge in [-0.15, -0.1) is 11.3 Å². The molecule has 0 atom stereocenters. The molecule has 0 unspecified atom stereocenters. The summed E-state index contributed by atoms with van der Waals surface area (Å²) in [5, 5.41) is 8.92. The zero-order valence-corrected chi connectivity index (χ0v) is 16.6. The number of carbonyl (C=O) groups excluding carboxylic acids is 1. The molecule has 4 aromatic heterocycles. The lowest BCUT2D eigenvalue weighted by Gasteiger charge is -2.05. The van der Waals surface area contributed by atoms with E-state index in [1.165, 1.54) is 0 Å². The Kier molecular flexibility index (Phi) is 4.06. The number of benzene rings is 1. The van der Waals surface area contributed by atoms with Gasteiger partial charge >= 0.3 is 0 Å². The third-order valence-corrected chi connectivity index (χ3v) is 5.76. The number of aryl methyl sites for hydroxylation is 2. The normalized spacial score (nSPS) is 11.2. The van der Waals surface area contributed by atoms with Crippen LogP contribution >= 0.6 is 11.3 Å². The molecule has 0 spiro atoms. The van der Waals surface area contributed by atoms with Crippen LogP contribution in [-0.4, -0.2) is 30.6 Å². The van der Waals surface area contributed by atoms with E-state index in [0.717, 1.165) is 37.5 Å². The third kappa shape index (κ3) is 3.13. The fraction of sp³-hybridized carbons (Fsp3) is 0.0952. The Morgan fingerprint density at radius 1 is 1.10 bits per heavy atom. The largest absolute Gasteiger partial charge is 0.307 e. The van der Waals surface area contributed by atoms with Gasteiger partial charge in [0.1, 0.15) is 10.8 Å². The molecule has 1 aromatic carbocycles. The smallest absolute Gasteiger partial charge is 0.258 e. The summed E-state index contributed by atoms with van der Waals surface area (Å²) in [5.74, 6) is 0.214. The molecule has 4 heterocycles. The van der Waals surface area contributed by atoms with Gasteiger partial charge in [-0.25, -0.2) is 15.0 Å². The van der Waals surface area contributed by atoms with E-state index in [9.17, 15) is 4.79 Å². The number of carbonyl (C=O) groups is 1. The highest BCUT2D eigenvalue weighted by Crippen LogP contribution is 2.29. The summed E-state index contributed by atoms with van der Waals surface area (Å²) in [6.07, 6.45) is 3.27. The Labute approximate surface area is 170 Å². The second-order valence-corrected chi connectivity index (χ2v) is 7.71. The summed E-state index contributed by atoms with van der Waals surface area (Å²) < 4.78 is 2.84. The first-order valence-corrected chi connectivity index (χ1v) is 9.83. The number of aromatic nitrogens is 5. The minimum Gasteiger partial charge on any atom is -0.307 e. The topological polar surface area (TPSA) is 85.6 Å². The quantitative estimate of drug-likeness (QED) is 0.491. The molecule has 29 heavy (non-hydrogen) atoms. The van der Waals surface area contributed by atoms with Crippen LogP contribution in [-0.2, 0) is 7.05 Å². The Balaban J connectivity index is 1.38. The van der Waals surface area contributed by atoms with Gasteiger partial charge in [0.15, 0.2) is 5.65 Å². The van der Waals surface area contributed by atoms with E-state index in [1.54, 1.807) is 40.5 Å². The highest BCUT2D eigenvalue weighted by molar-refractivity contribution is 7.21. The van der Waals surface area contributed by atoms with Crippen LogP contribution < -0.4 is 5.32 Å². The molecule has 5 aromatic rings. The maximum atomic E-state index is 12.6. The lowest BCUT2D eigenvalue weighted by molar-refractivity contribution is 0.102. The Morgan fingerprint density at radius 2 is 1.97 bits per heavy atom. The monoisotopic (exact) mass is 400 g/mol. The zero-order valence-electron chi connectivity index (χ0n) is 15.7. The number of fused-ring (bicyclic) bond motifs is 2. The second kappa shape index (κ2) is 6.75. The zero-order chi connectivity index (χ0) is 20.0. The molecule has 1 N–H and O–H groups in total. The van der Waals surface area contributed by atoms with Crippen LogP contribution in [0.4, 0.5) is 5.82 Å². The Hall–Kier alpha value is -3.65. The number of hydrogen-bond acceptors (Lipinski definition) is 6. The van der Waals surface area contributed by atoms with Gasteiger partial charge < -0.3 is 5.32 Å². The van der Waals surface area contributed by atoms with E-state index in [1.807, 2.05) is 44.3 Å². The number of pyridine rings is 2. The molecule has 0 fully saturated rings. The van der Waals surface area contributed by atoms with Crippen molar-refractivity contribution >= 4 is 44.3 Å². The van der Waals surface area contributed by atoms with Crippen molar-refractivity contribution in [3.63, 3.8) is 0 Å². The van der Waals surface area contributed by atoms with Crippen LogP contribution in [0.1, 0.15) is 16.1 Å². The molecule has 0 saturated carbocycles. The molecule has 0 aliphatic rings. The van der Waals surface area contributed by atoms with Crippen molar-refractivity contribution in [1.29, 1.82) is 0 Å². The summed E-state index contributed by atoms with van der Waals surface area (Å²) in [7, 11) is 1.83. The average molecular weight is 400 g/mol. The molecule has 5 rings (SSSR count). The highest BCUT2D eigenvalue weighted by atomic mass is 32.1. The number of amides is 1. The van der Waals surface area contributed by atoms with E-state index in [2.05, 4.69) is 25.4 Å². The van der Waals surface area contributed by atoms with Crippen LogP contribution in [0, 0.1) is 6.92 Å².